The Morgan fingerprint density at radius 3 is 1.85 bits per heavy atom. The fourth-order valence-corrected chi connectivity index (χ4v) is 10.1. The fraction of sp³-hybridized carbons (Fsp3) is 0.0566. The predicted molar refractivity (Wildman–Crippen MR) is 237 cm³/mol. The van der Waals surface area contributed by atoms with Crippen molar-refractivity contribution in [2.75, 3.05) is 4.90 Å². The molecule has 9 aromatic carbocycles. The van der Waals surface area contributed by atoms with Crippen LogP contribution in [0.4, 0.5) is 17.1 Å². The maximum Gasteiger partial charge on any atom is 0.0468 e. The molecule has 0 saturated heterocycles. The van der Waals surface area contributed by atoms with E-state index in [1.165, 1.54) is 86.2 Å². The van der Waals surface area contributed by atoms with Crippen LogP contribution in [0.15, 0.2) is 188 Å². The lowest BCUT2D eigenvalue weighted by Crippen LogP contribution is -2.16. The molecule has 0 amide bonds. The third kappa shape index (κ3) is 5.06. The zero-order chi connectivity index (χ0) is 36.7. The molecular formula is C53H37NS. The lowest BCUT2D eigenvalue weighted by Gasteiger charge is -2.28. The number of fused-ring (bicyclic) bond motifs is 9. The summed E-state index contributed by atoms with van der Waals surface area (Å²) in [4.78, 5) is 2.45. The molecule has 1 aliphatic rings. The van der Waals surface area contributed by atoms with Gasteiger partial charge in [-0.05, 0) is 121 Å². The summed E-state index contributed by atoms with van der Waals surface area (Å²) in [6.07, 6.45) is 0. The summed E-state index contributed by atoms with van der Waals surface area (Å²) in [6, 6.07) is 69.7. The summed E-state index contributed by atoms with van der Waals surface area (Å²) in [5, 5.41) is 7.73. The Labute approximate surface area is 325 Å². The summed E-state index contributed by atoms with van der Waals surface area (Å²) in [7, 11) is 0. The van der Waals surface area contributed by atoms with Crippen LogP contribution in [0.3, 0.4) is 0 Å². The van der Waals surface area contributed by atoms with Gasteiger partial charge >= 0.3 is 0 Å². The van der Waals surface area contributed by atoms with E-state index in [0.717, 1.165) is 17.1 Å². The van der Waals surface area contributed by atoms with Gasteiger partial charge in [-0.2, -0.15) is 0 Å². The monoisotopic (exact) mass is 719 g/mol. The molecule has 0 unspecified atom stereocenters. The molecule has 0 bridgehead atoms. The van der Waals surface area contributed by atoms with E-state index in [4.69, 9.17) is 0 Å². The average Bonchev–Trinajstić information content (AvgIpc) is 3.72. The third-order valence-corrected chi connectivity index (χ3v) is 13.0. The minimum Gasteiger partial charge on any atom is -0.310 e. The molecule has 11 rings (SSSR count). The molecule has 0 spiro atoms. The van der Waals surface area contributed by atoms with Crippen LogP contribution in [0, 0.1) is 0 Å². The molecule has 0 N–H and O–H groups in total. The van der Waals surface area contributed by atoms with E-state index in [0.29, 0.717) is 0 Å². The second-order valence-electron chi connectivity index (χ2n) is 15.3. The lowest BCUT2D eigenvalue weighted by atomic mass is 9.81. The highest BCUT2D eigenvalue weighted by atomic mass is 32.1. The van der Waals surface area contributed by atoms with E-state index in [9.17, 15) is 0 Å². The topological polar surface area (TPSA) is 3.24 Å². The van der Waals surface area contributed by atoms with Gasteiger partial charge in [-0.1, -0.05) is 147 Å². The fourth-order valence-electron chi connectivity index (χ4n) is 9.06. The van der Waals surface area contributed by atoms with Crippen molar-refractivity contribution in [1.29, 1.82) is 0 Å². The van der Waals surface area contributed by atoms with Gasteiger partial charge in [-0.15, -0.1) is 11.3 Å². The molecule has 0 radical (unpaired) electrons. The van der Waals surface area contributed by atoms with Crippen molar-refractivity contribution in [1.82, 2.24) is 0 Å². The lowest BCUT2D eigenvalue weighted by molar-refractivity contribution is 0.660. The number of hydrogen-bond acceptors (Lipinski definition) is 2. The molecule has 1 aliphatic carbocycles. The molecule has 0 fully saturated rings. The number of hydrogen-bond donors (Lipinski definition) is 0. The Bertz CT molecular complexity index is 3110. The molecule has 0 atom stereocenters. The van der Waals surface area contributed by atoms with Crippen LogP contribution < -0.4 is 4.90 Å². The summed E-state index contributed by atoms with van der Waals surface area (Å²) >= 11 is 1.86. The van der Waals surface area contributed by atoms with E-state index in [-0.39, 0.29) is 5.41 Å². The smallest absolute Gasteiger partial charge is 0.0468 e. The van der Waals surface area contributed by atoms with Crippen molar-refractivity contribution < 1.29 is 0 Å². The summed E-state index contributed by atoms with van der Waals surface area (Å²) in [5.41, 5.74) is 13.6. The predicted octanol–water partition coefficient (Wildman–Crippen LogP) is 15.5. The average molecular weight is 720 g/mol. The van der Waals surface area contributed by atoms with Crippen LogP contribution >= 0.6 is 11.3 Å². The van der Waals surface area contributed by atoms with Crippen LogP contribution in [0.1, 0.15) is 25.0 Å². The maximum atomic E-state index is 2.45. The van der Waals surface area contributed by atoms with Crippen LogP contribution in [0.25, 0.3) is 75.1 Å². The number of thiophene rings is 1. The van der Waals surface area contributed by atoms with Crippen LogP contribution in [-0.2, 0) is 5.41 Å². The Balaban J connectivity index is 1.05. The molecule has 2 heteroatoms. The Hall–Kier alpha value is -6.48. The van der Waals surface area contributed by atoms with Crippen molar-refractivity contribution in [2.24, 2.45) is 0 Å². The van der Waals surface area contributed by atoms with Crippen molar-refractivity contribution in [3.05, 3.63) is 199 Å². The highest BCUT2D eigenvalue weighted by Gasteiger charge is 2.36. The second kappa shape index (κ2) is 12.3. The van der Waals surface area contributed by atoms with Crippen LogP contribution in [0.5, 0.6) is 0 Å². The molecular weight excluding hydrogens is 683 g/mol. The van der Waals surface area contributed by atoms with Gasteiger partial charge in [0.25, 0.3) is 0 Å². The third-order valence-electron chi connectivity index (χ3n) is 11.9. The van der Waals surface area contributed by atoms with E-state index in [2.05, 4.69) is 207 Å². The number of benzene rings is 9. The summed E-state index contributed by atoms with van der Waals surface area (Å²) in [6.45, 7) is 4.76. The zero-order valence-electron chi connectivity index (χ0n) is 30.8. The molecule has 0 saturated carbocycles. The van der Waals surface area contributed by atoms with E-state index in [1.807, 2.05) is 11.3 Å². The molecule has 1 nitrogen and oxygen atoms in total. The van der Waals surface area contributed by atoms with Crippen molar-refractivity contribution >= 4 is 70.1 Å². The van der Waals surface area contributed by atoms with Crippen molar-refractivity contribution in [2.45, 2.75) is 19.3 Å². The minimum atomic E-state index is -0.160. The Morgan fingerprint density at radius 1 is 0.364 bits per heavy atom. The zero-order valence-corrected chi connectivity index (χ0v) is 31.6. The number of nitrogens with zero attached hydrogens (tertiary/aromatic N) is 1. The molecule has 260 valence electrons. The molecule has 55 heavy (non-hydrogen) atoms. The van der Waals surface area contributed by atoms with Gasteiger partial charge in [-0.3, -0.25) is 0 Å². The van der Waals surface area contributed by atoms with E-state index < -0.39 is 0 Å². The first kappa shape index (κ1) is 32.0. The van der Waals surface area contributed by atoms with Crippen molar-refractivity contribution in [3.63, 3.8) is 0 Å². The molecule has 1 aromatic heterocycles. The van der Waals surface area contributed by atoms with E-state index >= 15 is 0 Å². The quantitative estimate of drug-likeness (QED) is 0.160. The van der Waals surface area contributed by atoms with Crippen LogP contribution in [-0.4, -0.2) is 0 Å². The summed E-state index contributed by atoms with van der Waals surface area (Å²) < 4.78 is 2.63. The maximum absolute atomic E-state index is 2.45. The SMILES string of the molecule is CC1(C)c2cc(-c3ccccc3)ccc2-c2ccc(N(c3ccc(-c4cccc5c4ccc4ccccc45)cc3)c3ccc4sc5ccccc5c4c3)cc21. The Morgan fingerprint density at radius 2 is 1.00 bits per heavy atom. The Kier molecular flexibility index (Phi) is 7.14. The van der Waals surface area contributed by atoms with Gasteiger partial charge < -0.3 is 4.90 Å². The van der Waals surface area contributed by atoms with Gasteiger partial charge in [0.1, 0.15) is 0 Å². The minimum absolute atomic E-state index is 0.160. The van der Waals surface area contributed by atoms with E-state index in [1.54, 1.807) is 0 Å². The first-order valence-electron chi connectivity index (χ1n) is 19.1. The van der Waals surface area contributed by atoms with Gasteiger partial charge in [0.05, 0.1) is 0 Å². The normalized spacial score (nSPS) is 13.1. The largest absolute Gasteiger partial charge is 0.310 e. The second-order valence-corrected chi connectivity index (χ2v) is 16.4. The summed E-state index contributed by atoms with van der Waals surface area (Å²) in [5.74, 6) is 0. The first-order valence-corrected chi connectivity index (χ1v) is 19.9. The van der Waals surface area contributed by atoms with Gasteiger partial charge in [-0.25, -0.2) is 0 Å². The molecule has 10 aromatic rings. The molecule has 1 heterocycles. The highest BCUT2D eigenvalue weighted by Crippen LogP contribution is 2.52. The number of anilines is 3. The molecule has 0 aliphatic heterocycles. The number of rotatable bonds is 5. The van der Waals surface area contributed by atoms with Crippen molar-refractivity contribution in [3.8, 4) is 33.4 Å². The van der Waals surface area contributed by atoms with Gasteiger partial charge in [0, 0.05) is 42.6 Å². The van der Waals surface area contributed by atoms with Gasteiger partial charge in [0.15, 0.2) is 0 Å². The standard InChI is InChI=1S/C53H37NS/c1-53(2)49-31-37(34-11-4-3-5-12-34)22-28-45(49)46-29-25-40(33-50(46)53)54(39-26-30-52-48(32-39)47-15-8-9-18-51(47)55-52)38-23-19-36(20-24-38)42-16-10-17-43-41-14-7-6-13-35(41)21-27-44(42)43/h3-33H,1-2H3. The van der Waals surface area contributed by atoms with Gasteiger partial charge in [0.2, 0.25) is 0 Å². The first-order chi connectivity index (χ1) is 27.0. The van der Waals surface area contributed by atoms with Crippen LogP contribution in [0.2, 0.25) is 0 Å². The highest BCUT2D eigenvalue weighted by molar-refractivity contribution is 7.25.